The van der Waals surface area contributed by atoms with Gasteiger partial charge in [0.25, 0.3) is 0 Å². The number of hydrogen-bond acceptors (Lipinski definition) is 2. The standard InChI is InChI=1S/C16H23F3N4.HI/c1-2-20-15(21-10-13-6-4-3-5-7-13)22-14-8-9-23(11-14)12-16(17,18)19;/h3-7,14H,2,8-12H2,1H3,(H2,20,21,22);1H. The van der Waals surface area contributed by atoms with Crippen LogP contribution in [0.5, 0.6) is 0 Å². The number of likely N-dealkylation sites (tertiary alicyclic amines) is 1. The van der Waals surface area contributed by atoms with Gasteiger partial charge in [-0.25, -0.2) is 4.99 Å². The molecule has 1 aromatic carbocycles. The zero-order valence-corrected chi connectivity index (χ0v) is 16.0. The number of nitrogens with zero attached hydrogens (tertiary/aromatic N) is 2. The SMILES string of the molecule is CCNC(=NCc1ccccc1)NC1CCN(CC(F)(F)F)C1.I. The fourth-order valence-corrected chi connectivity index (χ4v) is 2.61. The summed E-state index contributed by atoms with van der Waals surface area (Å²) in [5, 5.41) is 6.37. The van der Waals surface area contributed by atoms with Crippen LogP contribution in [0.4, 0.5) is 13.2 Å². The largest absolute Gasteiger partial charge is 0.401 e. The van der Waals surface area contributed by atoms with E-state index in [0.717, 1.165) is 5.56 Å². The van der Waals surface area contributed by atoms with E-state index in [-0.39, 0.29) is 30.0 Å². The third-order valence-electron chi connectivity index (χ3n) is 3.62. The summed E-state index contributed by atoms with van der Waals surface area (Å²) in [7, 11) is 0. The topological polar surface area (TPSA) is 39.7 Å². The Labute approximate surface area is 157 Å². The van der Waals surface area contributed by atoms with E-state index in [9.17, 15) is 13.2 Å². The molecule has 1 saturated heterocycles. The Hall–Kier alpha value is -1.03. The van der Waals surface area contributed by atoms with Crippen molar-refractivity contribution in [3.8, 4) is 0 Å². The van der Waals surface area contributed by atoms with Gasteiger partial charge in [0.1, 0.15) is 0 Å². The molecule has 1 unspecified atom stereocenters. The lowest BCUT2D eigenvalue weighted by Gasteiger charge is -2.19. The van der Waals surface area contributed by atoms with E-state index in [1.165, 1.54) is 4.90 Å². The summed E-state index contributed by atoms with van der Waals surface area (Å²) in [6.45, 7) is 3.20. The van der Waals surface area contributed by atoms with Crippen molar-refractivity contribution in [1.29, 1.82) is 0 Å². The number of alkyl halides is 3. The van der Waals surface area contributed by atoms with Gasteiger partial charge in [-0.1, -0.05) is 30.3 Å². The highest BCUT2D eigenvalue weighted by molar-refractivity contribution is 14.0. The maximum absolute atomic E-state index is 12.4. The van der Waals surface area contributed by atoms with Crippen LogP contribution in [0.3, 0.4) is 0 Å². The van der Waals surface area contributed by atoms with Gasteiger partial charge in [0.2, 0.25) is 0 Å². The van der Waals surface area contributed by atoms with E-state index in [2.05, 4.69) is 15.6 Å². The average Bonchev–Trinajstić information content (AvgIpc) is 2.91. The lowest BCUT2D eigenvalue weighted by atomic mass is 10.2. The van der Waals surface area contributed by atoms with E-state index in [1.54, 1.807) is 0 Å². The second kappa shape index (κ2) is 10.1. The summed E-state index contributed by atoms with van der Waals surface area (Å²) in [6.07, 6.45) is -3.45. The van der Waals surface area contributed by atoms with E-state index in [4.69, 9.17) is 0 Å². The van der Waals surface area contributed by atoms with Crippen LogP contribution in [0.25, 0.3) is 0 Å². The molecule has 1 heterocycles. The molecule has 1 aliphatic heterocycles. The molecule has 0 amide bonds. The number of nitrogens with one attached hydrogen (secondary N) is 2. The van der Waals surface area contributed by atoms with Crippen LogP contribution in [-0.2, 0) is 6.54 Å². The summed E-state index contributed by atoms with van der Waals surface area (Å²) in [5.41, 5.74) is 1.09. The number of halogens is 4. The van der Waals surface area contributed by atoms with Crippen molar-refractivity contribution in [2.45, 2.75) is 32.1 Å². The molecule has 136 valence electrons. The first-order valence-electron chi connectivity index (χ1n) is 7.84. The Balaban J connectivity index is 0.00000288. The summed E-state index contributed by atoms with van der Waals surface area (Å²) in [6, 6.07) is 9.84. The van der Waals surface area contributed by atoms with Crippen molar-refractivity contribution in [3.63, 3.8) is 0 Å². The molecule has 0 spiro atoms. The molecule has 1 atom stereocenters. The van der Waals surface area contributed by atoms with Gasteiger partial charge in [-0.05, 0) is 18.9 Å². The monoisotopic (exact) mass is 456 g/mol. The van der Waals surface area contributed by atoms with Gasteiger partial charge < -0.3 is 10.6 Å². The average molecular weight is 456 g/mol. The van der Waals surface area contributed by atoms with Crippen LogP contribution in [0, 0.1) is 0 Å². The molecule has 1 aliphatic rings. The molecule has 2 rings (SSSR count). The van der Waals surface area contributed by atoms with Crippen LogP contribution in [-0.4, -0.2) is 49.3 Å². The Bertz CT molecular complexity index is 508. The molecule has 8 heteroatoms. The lowest BCUT2D eigenvalue weighted by Crippen LogP contribution is -2.45. The van der Waals surface area contributed by atoms with Gasteiger partial charge in [-0.15, -0.1) is 24.0 Å². The van der Waals surface area contributed by atoms with Crippen molar-refractivity contribution in [3.05, 3.63) is 35.9 Å². The quantitative estimate of drug-likeness (QED) is 0.407. The molecule has 0 aliphatic carbocycles. The number of hydrogen-bond donors (Lipinski definition) is 2. The highest BCUT2D eigenvalue weighted by atomic mass is 127. The molecule has 0 bridgehead atoms. The molecular formula is C16H24F3IN4. The van der Waals surface area contributed by atoms with Gasteiger partial charge in [-0.3, -0.25) is 4.90 Å². The zero-order valence-electron chi connectivity index (χ0n) is 13.6. The van der Waals surface area contributed by atoms with Gasteiger partial charge in [0.05, 0.1) is 13.1 Å². The van der Waals surface area contributed by atoms with E-state index in [0.29, 0.717) is 38.6 Å². The van der Waals surface area contributed by atoms with Gasteiger partial charge in [0, 0.05) is 25.7 Å². The normalized spacial score (nSPS) is 19.0. The van der Waals surface area contributed by atoms with Gasteiger partial charge in [0.15, 0.2) is 5.96 Å². The first-order chi connectivity index (χ1) is 11.0. The third-order valence-corrected chi connectivity index (χ3v) is 3.62. The molecule has 2 N–H and O–H groups in total. The van der Waals surface area contributed by atoms with Crippen molar-refractivity contribution in [2.75, 3.05) is 26.2 Å². The van der Waals surface area contributed by atoms with Crippen molar-refractivity contribution >= 4 is 29.9 Å². The highest BCUT2D eigenvalue weighted by Crippen LogP contribution is 2.19. The maximum Gasteiger partial charge on any atom is 0.401 e. The van der Waals surface area contributed by atoms with Crippen LogP contribution < -0.4 is 10.6 Å². The summed E-state index contributed by atoms with van der Waals surface area (Å²) >= 11 is 0. The van der Waals surface area contributed by atoms with E-state index in [1.807, 2.05) is 37.3 Å². The van der Waals surface area contributed by atoms with E-state index < -0.39 is 12.7 Å². The number of guanidine groups is 1. The van der Waals surface area contributed by atoms with Crippen LogP contribution in [0.2, 0.25) is 0 Å². The van der Waals surface area contributed by atoms with Gasteiger partial charge in [-0.2, -0.15) is 13.2 Å². The smallest absolute Gasteiger partial charge is 0.357 e. The molecule has 4 nitrogen and oxygen atoms in total. The number of benzene rings is 1. The van der Waals surface area contributed by atoms with Crippen LogP contribution >= 0.6 is 24.0 Å². The molecule has 1 fully saturated rings. The minimum absolute atomic E-state index is 0. The number of rotatable bonds is 5. The zero-order chi connectivity index (χ0) is 16.7. The maximum atomic E-state index is 12.4. The van der Waals surface area contributed by atoms with Crippen molar-refractivity contribution < 1.29 is 13.2 Å². The van der Waals surface area contributed by atoms with E-state index >= 15 is 0 Å². The summed E-state index contributed by atoms with van der Waals surface area (Å²) in [4.78, 5) is 5.93. The Kier molecular flexibility index (Phi) is 8.82. The number of aliphatic imine (C=N–C) groups is 1. The molecule has 1 aromatic rings. The molecule has 24 heavy (non-hydrogen) atoms. The summed E-state index contributed by atoms with van der Waals surface area (Å²) in [5.74, 6) is 0.648. The second-order valence-electron chi connectivity index (χ2n) is 5.66. The van der Waals surface area contributed by atoms with Crippen molar-refractivity contribution in [1.82, 2.24) is 15.5 Å². The Morgan fingerprint density at radius 1 is 1.29 bits per heavy atom. The Morgan fingerprint density at radius 2 is 2.00 bits per heavy atom. The minimum Gasteiger partial charge on any atom is -0.357 e. The summed E-state index contributed by atoms with van der Waals surface area (Å²) < 4.78 is 37.3. The second-order valence-corrected chi connectivity index (χ2v) is 5.66. The molecular weight excluding hydrogens is 432 g/mol. The predicted octanol–water partition coefficient (Wildman–Crippen LogP) is 3.00. The predicted molar refractivity (Wildman–Crippen MR) is 101 cm³/mol. The van der Waals surface area contributed by atoms with Crippen LogP contribution in [0.15, 0.2) is 35.3 Å². The third kappa shape index (κ3) is 7.69. The lowest BCUT2D eigenvalue weighted by molar-refractivity contribution is -0.143. The van der Waals surface area contributed by atoms with Crippen molar-refractivity contribution in [2.24, 2.45) is 4.99 Å². The first-order valence-corrected chi connectivity index (χ1v) is 7.84. The molecule has 0 radical (unpaired) electrons. The molecule has 0 saturated carbocycles. The van der Waals surface area contributed by atoms with Gasteiger partial charge >= 0.3 is 6.18 Å². The molecule has 0 aromatic heterocycles. The highest BCUT2D eigenvalue weighted by Gasteiger charge is 2.34. The minimum atomic E-state index is -4.14. The van der Waals surface area contributed by atoms with Crippen LogP contribution in [0.1, 0.15) is 18.9 Å². The Morgan fingerprint density at radius 3 is 2.62 bits per heavy atom. The fraction of sp³-hybridized carbons (Fsp3) is 0.562. The fourth-order valence-electron chi connectivity index (χ4n) is 2.61. The first kappa shape index (κ1) is 21.0.